The van der Waals surface area contributed by atoms with Gasteiger partial charge in [0.2, 0.25) is 11.8 Å². The van der Waals surface area contributed by atoms with Gasteiger partial charge in [0.25, 0.3) is 10.0 Å². The summed E-state index contributed by atoms with van der Waals surface area (Å²) in [6, 6.07) is 24.9. The van der Waals surface area contributed by atoms with Crippen molar-refractivity contribution in [3.63, 3.8) is 0 Å². The highest BCUT2D eigenvalue weighted by atomic mass is 35.5. The molecule has 0 unspecified atom stereocenters. The molecule has 45 heavy (non-hydrogen) atoms. The first-order valence-electron chi connectivity index (χ1n) is 14.6. The van der Waals surface area contributed by atoms with Crippen LogP contribution in [0.4, 0.5) is 10.1 Å². The second kappa shape index (κ2) is 14.7. The number of sulfonamides is 1. The molecule has 0 heterocycles. The molecule has 0 spiro atoms. The van der Waals surface area contributed by atoms with Gasteiger partial charge in [-0.2, -0.15) is 0 Å². The van der Waals surface area contributed by atoms with E-state index in [2.05, 4.69) is 5.32 Å². The zero-order valence-electron chi connectivity index (χ0n) is 25.7. The number of nitrogens with zero attached hydrogens (tertiary/aromatic N) is 2. The molecular weight excluding hydrogens is 613 g/mol. The molecule has 4 rings (SSSR count). The molecule has 0 saturated heterocycles. The highest BCUT2D eigenvalue weighted by Crippen LogP contribution is 2.30. The molecule has 1 N–H and O–H groups in total. The van der Waals surface area contributed by atoms with E-state index in [9.17, 15) is 22.4 Å². The Morgan fingerprint density at radius 1 is 0.867 bits per heavy atom. The topological polar surface area (TPSA) is 86.8 Å². The van der Waals surface area contributed by atoms with Gasteiger partial charge in [-0.05, 0) is 80.8 Å². The molecule has 0 saturated carbocycles. The first-order valence-corrected chi connectivity index (χ1v) is 16.4. The predicted molar refractivity (Wildman–Crippen MR) is 176 cm³/mol. The molecule has 4 aromatic rings. The monoisotopic (exact) mass is 649 g/mol. The molecule has 7 nitrogen and oxygen atoms in total. The van der Waals surface area contributed by atoms with Crippen LogP contribution in [0.15, 0.2) is 102 Å². The van der Waals surface area contributed by atoms with Crippen molar-refractivity contribution in [1.82, 2.24) is 10.2 Å². The van der Waals surface area contributed by atoms with E-state index in [-0.39, 0.29) is 29.6 Å². The van der Waals surface area contributed by atoms with Crippen molar-refractivity contribution in [3.8, 4) is 0 Å². The van der Waals surface area contributed by atoms with Crippen LogP contribution >= 0.6 is 11.6 Å². The van der Waals surface area contributed by atoms with Crippen molar-refractivity contribution < 1.29 is 22.4 Å². The first kappa shape index (κ1) is 33.7. The van der Waals surface area contributed by atoms with Crippen LogP contribution in [0.5, 0.6) is 0 Å². The van der Waals surface area contributed by atoms with Crippen LogP contribution in [0.3, 0.4) is 0 Å². The minimum absolute atomic E-state index is 0.00347. The Balaban J connectivity index is 1.83. The SMILES string of the molecule is Cc1ccc(S(=O)(=O)N(CC(=O)N(Cc2ccc(F)cc2)[C@@H](Cc2ccccc2)C(=O)NC(C)C)c2cc(Cl)ccc2C)cc1. The number of rotatable bonds is 12. The van der Waals surface area contributed by atoms with Crippen molar-refractivity contribution in [2.24, 2.45) is 0 Å². The van der Waals surface area contributed by atoms with Crippen LogP contribution < -0.4 is 9.62 Å². The summed E-state index contributed by atoms with van der Waals surface area (Å²) in [5.74, 6) is -1.45. The van der Waals surface area contributed by atoms with Gasteiger partial charge >= 0.3 is 0 Å². The molecule has 0 aliphatic heterocycles. The van der Waals surface area contributed by atoms with Crippen molar-refractivity contribution in [3.05, 3.63) is 130 Å². The lowest BCUT2D eigenvalue weighted by Crippen LogP contribution is -2.54. The number of carbonyl (C=O) groups is 2. The highest BCUT2D eigenvalue weighted by molar-refractivity contribution is 7.92. The fourth-order valence-corrected chi connectivity index (χ4v) is 6.56. The Kier molecular flexibility index (Phi) is 11.0. The van der Waals surface area contributed by atoms with E-state index in [4.69, 9.17) is 11.6 Å². The van der Waals surface area contributed by atoms with Crippen molar-refractivity contribution in [1.29, 1.82) is 0 Å². The van der Waals surface area contributed by atoms with Gasteiger partial charge in [0.1, 0.15) is 18.4 Å². The largest absolute Gasteiger partial charge is 0.352 e. The summed E-state index contributed by atoms with van der Waals surface area (Å²) >= 11 is 6.33. The number of halogens is 2. The third kappa shape index (κ3) is 8.71. The third-order valence-electron chi connectivity index (χ3n) is 7.30. The lowest BCUT2D eigenvalue weighted by Gasteiger charge is -2.34. The molecule has 0 radical (unpaired) electrons. The number of benzene rings is 4. The maximum absolute atomic E-state index is 14.5. The first-order chi connectivity index (χ1) is 21.3. The van der Waals surface area contributed by atoms with Crippen molar-refractivity contribution in [2.75, 3.05) is 10.8 Å². The zero-order valence-corrected chi connectivity index (χ0v) is 27.3. The Bertz CT molecular complexity index is 1730. The summed E-state index contributed by atoms with van der Waals surface area (Å²) in [5, 5.41) is 3.21. The van der Waals surface area contributed by atoms with Crippen molar-refractivity contribution >= 4 is 39.1 Å². The molecule has 0 aromatic heterocycles. The van der Waals surface area contributed by atoms with Gasteiger partial charge in [0.05, 0.1) is 10.6 Å². The number of amides is 2. The van der Waals surface area contributed by atoms with Crippen LogP contribution in [0.25, 0.3) is 0 Å². The number of hydrogen-bond acceptors (Lipinski definition) is 4. The molecule has 2 amide bonds. The number of hydrogen-bond donors (Lipinski definition) is 1. The van der Waals surface area contributed by atoms with Crippen LogP contribution in [-0.2, 0) is 32.6 Å². The second-order valence-corrected chi connectivity index (χ2v) is 13.6. The average Bonchev–Trinajstić information content (AvgIpc) is 3.00. The van der Waals surface area contributed by atoms with E-state index in [1.54, 1.807) is 31.2 Å². The molecule has 0 aliphatic carbocycles. The molecule has 0 aliphatic rings. The Morgan fingerprint density at radius 2 is 1.51 bits per heavy atom. The normalized spacial score (nSPS) is 12.1. The van der Waals surface area contributed by atoms with E-state index in [0.29, 0.717) is 16.1 Å². The summed E-state index contributed by atoms with van der Waals surface area (Å²) in [6.45, 7) is 6.55. The number of aryl methyl sites for hydroxylation is 2. The zero-order chi connectivity index (χ0) is 32.7. The quantitative estimate of drug-likeness (QED) is 0.191. The molecular formula is C35H37ClFN3O4S. The Labute approximate surface area is 269 Å². The predicted octanol–water partition coefficient (Wildman–Crippen LogP) is 6.46. The average molecular weight is 650 g/mol. The lowest BCUT2D eigenvalue weighted by atomic mass is 10.0. The fourth-order valence-electron chi connectivity index (χ4n) is 4.92. The minimum atomic E-state index is -4.26. The Hall–Kier alpha value is -4.21. The van der Waals surface area contributed by atoms with E-state index >= 15 is 0 Å². The smallest absolute Gasteiger partial charge is 0.264 e. The molecule has 236 valence electrons. The number of anilines is 1. The molecule has 0 bridgehead atoms. The van der Waals surface area contributed by atoms with E-state index < -0.39 is 40.2 Å². The molecule has 1 atom stereocenters. The van der Waals surface area contributed by atoms with Gasteiger partial charge in [-0.15, -0.1) is 0 Å². The van der Waals surface area contributed by atoms with Gasteiger partial charge in [-0.1, -0.05) is 77.8 Å². The summed E-state index contributed by atoms with van der Waals surface area (Å²) in [5.41, 5.74) is 3.09. The Morgan fingerprint density at radius 3 is 2.13 bits per heavy atom. The molecule has 10 heteroatoms. The van der Waals surface area contributed by atoms with Crippen LogP contribution in [-0.4, -0.2) is 43.8 Å². The number of nitrogens with one attached hydrogen (secondary N) is 1. The summed E-state index contributed by atoms with van der Waals surface area (Å²) in [4.78, 5) is 29.6. The third-order valence-corrected chi connectivity index (χ3v) is 9.30. The van der Waals surface area contributed by atoms with Gasteiger partial charge in [0.15, 0.2) is 0 Å². The molecule has 0 fully saturated rings. The summed E-state index contributed by atoms with van der Waals surface area (Å²) in [7, 11) is -4.26. The van der Waals surface area contributed by atoms with E-state index in [1.807, 2.05) is 51.1 Å². The number of carbonyl (C=O) groups excluding carboxylic acids is 2. The van der Waals surface area contributed by atoms with Crippen molar-refractivity contribution in [2.45, 2.75) is 57.6 Å². The summed E-state index contributed by atoms with van der Waals surface area (Å²) < 4.78 is 43.2. The van der Waals surface area contributed by atoms with Gasteiger partial charge in [-0.3, -0.25) is 13.9 Å². The second-order valence-electron chi connectivity index (χ2n) is 11.3. The molecule has 4 aromatic carbocycles. The lowest BCUT2D eigenvalue weighted by molar-refractivity contribution is -0.140. The standard InChI is InChI=1S/C35H37ClFN3O4S/c1-24(2)38-35(42)33(20-27-8-6-5-7-9-27)39(22-28-13-16-30(37)17-14-28)34(41)23-40(32-21-29(36)15-12-26(32)4)45(43,44)31-18-10-25(3)11-19-31/h5-19,21,24,33H,20,22-23H2,1-4H3,(H,38,42)/t33-/m0/s1. The van der Waals surface area contributed by atoms with Gasteiger partial charge < -0.3 is 10.2 Å². The maximum atomic E-state index is 14.5. The van der Waals surface area contributed by atoms with Crippen LogP contribution in [0.2, 0.25) is 5.02 Å². The van der Waals surface area contributed by atoms with Gasteiger partial charge in [0, 0.05) is 24.0 Å². The van der Waals surface area contributed by atoms with E-state index in [0.717, 1.165) is 15.4 Å². The fraction of sp³-hybridized carbons (Fsp3) is 0.257. The minimum Gasteiger partial charge on any atom is -0.352 e. The summed E-state index contributed by atoms with van der Waals surface area (Å²) in [6.07, 6.45) is 0.174. The van der Waals surface area contributed by atoms with Crippen LogP contribution in [0.1, 0.15) is 36.1 Å². The maximum Gasteiger partial charge on any atom is 0.264 e. The van der Waals surface area contributed by atoms with Gasteiger partial charge in [-0.25, -0.2) is 12.8 Å². The van der Waals surface area contributed by atoms with Crippen LogP contribution in [0, 0.1) is 19.7 Å². The highest BCUT2D eigenvalue weighted by Gasteiger charge is 2.35. The van der Waals surface area contributed by atoms with E-state index in [1.165, 1.54) is 47.4 Å².